The molecule has 0 fully saturated rings. The van der Waals surface area contributed by atoms with Crippen molar-refractivity contribution in [1.29, 1.82) is 0 Å². The van der Waals surface area contributed by atoms with Crippen molar-refractivity contribution in [2.75, 3.05) is 0 Å². The van der Waals surface area contributed by atoms with Gasteiger partial charge >= 0.3 is 0 Å². The Morgan fingerprint density at radius 2 is 1.21 bits per heavy atom. The third-order valence-electron chi connectivity index (χ3n) is 5.81. The topological polar surface area (TPSA) is 72.8 Å². The van der Waals surface area contributed by atoms with Crippen molar-refractivity contribution in [1.82, 2.24) is 0 Å². The molecule has 0 unspecified atom stereocenters. The van der Waals surface area contributed by atoms with Crippen molar-refractivity contribution in [3.05, 3.63) is 99.6 Å². The second kappa shape index (κ2) is 11.0. The highest BCUT2D eigenvalue weighted by molar-refractivity contribution is 7.86. The van der Waals surface area contributed by atoms with Crippen molar-refractivity contribution in [3.8, 4) is 46.5 Å². The predicted molar refractivity (Wildman–Crippen MR) is 132 cm³/mol. The summed E-state index contributed by atoms with van der Waals surface area (Å²) in [6.07, 6.45) is 5.36. The highest BCUT2D eigenvalue weighted by Gasteiger charge is 2.34. The van der Waals surface area contributed by atoms with Gasteiger partial charge in [0.25, 0.3) is 10.1 Å². The zero-order valence-corrected chi connectivity index (χ0v) is 21.9. The maximum atomic E-state index is 14.9. The first kappa shape index (κ1) is 30.4. The van der Waals surface area contributed by atoms with Gasteiger partial charge in [-0.05, 0) is 49.7 Å². The molecular weight excluding hydrogens is 600 g/mol. The Kier molecular flexibility index (Phi) is 7.94. The van der Waals surface area contributed by atoms with Gasteiger partial charge in [0.05, 0.1) is 11.1 Å². The lowest BCUT2D eigenvalue weighted by molar-refractivity contribution is 0.359. The molecule has 0 aromatic heterocycles. The average Bonchev–Trinajstić information content (AvgIpc) is 2.93. The maximum Gasteiger partial charge on any atom is 0.298 e. The number of hydrogen-bond acceptors (Lipinski definition) is 4. The summed E-state index contributed by atoms with van der Waals surface area (Å²) in [7, 11) is -5.26. The lowest BCUT2D eigenvalue weighted by atomic mass is 9.99. The Bertz CT molecular complexity index is 1880. The number of aryl methyl sites for hydroxylation is 1. The Hall–Kier alpha value is -4.61. The van der Waals surface area contributed by atoms with Crippen LogP contribution in [0.1, 0.15) is 16.7 Å². The first-order valence-corrected chi connectivity index (χ1v) is 12.7. The summed E-state index contributed by atoms with van der Waals surface area (Å²) in [5.41, 5.74) is -4.38. The van der Waals surface area contributed by atoms with E-state index < -0.39 is 89.7 Å². The second-order valence-electron chi connectivity index (χ2n) is 8.68. The molecular formula is C28H14F8O5S. The number of hydrogen-bond donors (Lipinski definition) is 1. The minimum Gasteiger partial charge on any atom is -0.457 e. The Morgan fingerprint density at radius 1 is 0.690 bits per heavy atom. The third-order valence-corrected chi connectivity index (χ3v) is 6.69. The summed E-state index contributed by atoms with van der Waals surface area (Å²) >= 11 is 0. The molecule has 0 spiro atoms. The molecule has 0 aliphatic heterocycles. The third kappa shape index (κ3) is 5.36. The Labute approximate surface area is 232 Å². The molecule has 0 radical (unpaired) electrons. The minimum absolute atomic E-state index is 0.123. The molecule has 218 valence electrons. The van der Waals surface area contributed by atoms with Gasteiger partial charge in [0.15, 0.2) is 34.9 Å². The fourth-order valence-corrected chi connectivity index (χ4v) is 4.48. The molecule has 4 rings (SSSR count). The molecule has 0 bridgehead atoms. The van der Waals surface area contributed by atoms with Gasteiger partial charge in [-0.2, -0.15) is 17.2 Å². The van der Waals surface area contributed by atoms with Crippen molar-refractivity contribution >= 4 is 10.1 Å². The van der Waals surface area contributed by atoms with E-state index in [9.17, 15) is 48.1 Å². The SMILES string of the molecule is C#Cc1cc(C)cc(Oc2ccc(Oc3c(F)c(F)c(-c4c(F)c(F)c(C)c(F)c4F)c(F)c3F)c(S(=O)(=O)O)c2)c1. The minimum atomic E-state index is -5.26. The number of ether oxygens (including phenoxy) is 2. The van der Waals surface area contributed by atoms with Gasteiger partial charge in [0.1, 0.15) is 22.1 Å². The Balaban J connectivity index is 1.83. The molecule has 0 heterocycles. The lowest BCUT2D eigenvalue weighted by Gasteiger charge is -2.16. The van der Waals surface area contributed by atoms with Gasteiger partial charge in [-0.15, -0.1) is 6.42 Å². The maximum absolute atomic E-state index is 14.9. The van der Waals surface area contributed by atoms with Gasteiger partial charge in [0, 0.05) is 17.2 Å². The van der Waals surface area contributed by atoms with Crippen LogP contribution in [0, 0.1) is 72.7 Å². The fraction of sp³-hybridized carbons (Fsp3) is 0.0714. The van der Waals surface area contributed by atoms with Gasteiger partial charge in [-0.25, -0.2) is 26.3 Å². The van der Waals surface area contributed by atoms with Gasteiger partial charge in [0.2, 0.25) is 17.4 Å². The summed E-state index contributed by atoms with van der Waals surface area (Å²) in [5, 5.41) is 0. The smallest absolute Gasteiger partial charge is 0.298 e. The lowest BCUT2D eigenvalue weighted by Crippen LogP contribution is -2.10. The molecule has 4 aromatic rings. The van der Waals surface area contributed by atoms with Crippen LogP contribution in [0.5, 0.6) is 23.0 Å². The van der Waals surface area contributed by atoms with Crippen molar-refractivity contribution in [2.45, 2.75) is 18.7 Å². The molecule has 0 atom stereocenters. The van der Waals surface area contributed by atoms with Gasteiger partial charge < -0.3 is 9.47 Å². The molecule has 0 saturated carbocycles. The van der Waals surface area contributed by atoms with Crippen LogP contribution in [0.25, 0.3) is 11.1 Å². The first-order valence-electron chi connectivity index (χ1n) is 11.3. The molecule has 0 amide bonds. The van der Waals surface area contributed by atoms with Crippen molar-refractivity contribution in [2.24, 2.45) is 0 Å². The van der Waals surface area contributed by atoms with E-state index in [1.165, 1.54) is 12.1 Å². The van der Waals surface area contributed by atoms with Crippen LogP contribution in [0.3, 0.4) is 0 Å². The van der Waals surface area contributed by atoms with Crippen LogP contribution in [-0.4, -0.2) is 13.0 Å². The standard InChI is InChI=1S/C28H14F8O5S/c1-4-13-7-11(2)8-15(9-13)40-14-5-6-16(17(10-14)42(37,38)39)41-28-26(35)24(33)19(25(34)27(28)36)18-22(31)20(29)12(3)21(30)23(18)32/h1,5-10H,2-3H3,(H,37,38,39). The largest absolute Gasteiger partial charge is 0.457 e. The summed E-state index contributed by atoms with van der Waals surface area (Å²) in [6, 6.07) is 6.87. The summed E-state index contributed by atoms with van der Waals surface area (Å²) in [5.74, 6) is -19.7. The second-order valence-corrected chi connectivity index (χ2v) is 10.1. The van der Waals surface area contributed by atoms with Crippen LogP contribution < -0.4 is 9.47 Å². The van der Waals surface area contributed by atoms with E-state index in [1.807, 2.05) is 0 Å². The zero-order valence-electron chi connectivity index (χ0n) is 21.1. The zero-order chi connectivity index (χ0) is 31.3. The molecule has 0 saturated heterocycles. The molecule has 42 heavy (non-hydrogen) atoms. The van der Waals surface area contributed by atoms with Crippen LogP contribution in [0.15, 0.2) is 41.3 Å². The normalized spacial score (nSPS) is 11.4. The number of benzene rings is 4. The molecule has 0 aliphatic carbocycles. The van der Waals surface area contributed by atoms with Crippen LogP contribution in [-0.2, 0) is 10.1 Å². The van der Waals surface area contributed by atoms with Crippen LogP contribution in [0.2, 0.25) is 0 Å². The van der Waals surface area contributed by atoms with E-state index in [-0.39, 0.29) is 11.5 Å². The fourth-order valence-electron chi connectivity index (χ4n) is 3.86. The number of terminal acetylenes is 1. The summed E-state index contributed by atoms with van der Waals surface area (Å²) in [4.78, 5) is -1.19. The van der Waals surface area contributed by atoms with E-state index in [0.29, 0.717) is 30.2 Å². The van der Waals surface area contributed by atoms with E-state index in [0.717, 1.165) is 6.07 Å². The monoisotopic (exact) mass is 614 g/mol. The van der Waals surface area contributed by atoms with Gasteiger partial charge in [-0.1, -0.05) is 5.92 Å². The first-order chi connectivity index (χ1) is 19.6. The highest BCUT2D eigenvalue weighted by atomic mass is 32.2. The van der Waals surface area contributed by atoms with Crippen molar-refractivity contribution in [3.63, 3.8) is 0 Å². The summed E-state index contributed by atoms with van der Waals surface area (Å²) in [6.45, 7) is 2.28. The molecule has 5 nitrogen and oxygen atoms in total. The van der Waals surface area contributed by atoms with E-state index in [4.69, 9.17) is 15.9 Å². The number of halogens is 8. The van der Waals surface area contributed by atoms with Crippen LogP contribution in [0.4, 0.5) is 35.1 Å². The van der Waals surface area contributed by atoms with E-state index in [2.05, 4.69) is 5.92 Å². The average molecular weight is 614 g/mol. The number of rotatable bonds is 6. The van der Waals surface area contributed by atoms with Crippen molar-refractivity contribution < 1.29 is 57.6 Å². The molecule has 0 aliphatic rings. The quantitative estimate of drug-likeness (QED) is 0.104. The van der Waals surface area contributed by atoms with Gasteiger partial charge in [-0.3, -0.25) is 4.55 Å². The Morgan fingerprint density at radius 3 is 1.71 bits per heavy atom. The van der Waals surface area contributed by atoms with Crippen LogP contribution >= 0.6 is 0 Å². The molecule has 1 N–H and O–H groups in total. The summed E-state index contributed by atoms with van der Waals surface area (Å²) < 4.78 is 160. The highest BCUT2D eigenvalue weighted by Crippen LogP contribution is 2.42. The predicted octanol–water partition coefficient (Wildman–Crippen LogP) is 7.90. The van der Waals surface area contributed by atoms with E-state index in [1.54, 1.807) is 13.0 Å². The van der Waals surface area contributed by atoms with E-state index >= 15 is 0 Å². The molecule has 14 heteroatoms. The molecule has 4 aromatic carbocycles.